The second-order valence-corrected chi connectivity index (χ2v) is 4.70. The maximum absolute atomic E-state index is 5.85. The molecule has 0 atom stereocenters. The van der Waals surface area contributed by atoms with Gasteiger partial charge in [0, 0.05) is 30.6 Å². The van der Waals surface area contributed by atoms with Gasteiger partial charge in [-0.25, -0.2) is 0 Å². The first-order valence-electron chi connectivity index (χ1n) is 6.57. The van der Waals surface area contributed by atoms with Crippen molar-refractivity contribution in [3.8, 4) is 0 Å². The molecule has 2 rings (SSSR count). The van der Waals surface area contributed by atoms with Crippen molar-refractivity contribution in [2.24, 2.45) is 0 Å². The summed E-state index contributed by atoms with van der Waals surface area (Å²) in [5.41, 5.74) is 3.47. The van der Waals surface area contributed by atoms with Crippen molar-refractivity contribution in [2.75, 3.05) is 6.54 Å². The molecule has 0 aromatic carbocycles. The lowest BCUT2D eigenvalue weighted by atomic mass is 9.93. The molecular formula is C15H20BNO. The molecule has 0 saturated heterocycles. The van der Waals surface area contributed by atoms with Crippen LogP contribution in [0.5, 0.6) is 0 Å². The van der Waals surface area contributed by atoms with Crippen LogP contribution in [0.25, 0.3) is 5.57 Å². The normalized spacial score (nSPS) is 15.9. The number of fused-ring (bicyclic) bond motifs is 1. The minimum Gasteiger partial charge on any atom is -0.461 e. The van der Waals surface area contributed by atoms with Gasteiger partial charge in [0.05, 0.1) is 0 Å². The predicted molar refractivity (Wildman–Crippen MR) is 79.2 cm³/mol. The van der Waals surface area contributed by atoms with Crippen LogP contribution in [-0.2, 0) is 13.0 Å². The number of nitrogens with one attached hydrogen (secondary N) is 1. The van der Waals surface area contributed by atoms with Gasteiger partial charge < -0.3 is 9.73 Å². The number of allylic oxidation sites excluding steroid dienone is 5. The van der Waals surface area contributed by atoms with Crippen molar-refractivity contribution in [1.29, 1.82) is 0 Å². The van der Waals surface area contributed by atoms with Crippen LogP contribution in [0.4, 0.5) is 0 Å². The van der Waals surface area contributed by atoms with Crippen molar-refractivity contribution in [1.82, 2.24) is 5.32 Å². The molecule has 0 aliphatic carbocycles. The number of hydrogen-bond acceptors (Lipinski definition) is 2. The molecule has 18 heavy (non-hydrogen) atoms. The summed E-state index contributed by atoms with van der Waals surface area (Å²) in [7, 11) is 2.10. The van der Waals surface area contributed by atoms with Gasteiger partial charge in [-0.2, -0.15) is 0 Å². The Labute approximate surface area is 110 Å². The van der Waals surface area contributed by atoms with E-state index in [1.165, 1.54) is 11.0 Å². The van der Waals surface area contributed by atoms with Crippen LogP contribution in [0.15, 0.2) is 40.8 Å². The molecule has 0 amide bonds. The van der Waals surface area contributed by atoms with E-state index in [2.05, 4.69) is 44.9 Å². The molecular weight excluding hydrogens is 221 g/mol. The summed E-state index contributed by atoms with van der Waals surface area (Å²) >= 11 is 0. The molecule has 1 aromatic rings. The minimum absolute atomic E-state index is 0.893. The van der Waals surface area contributed by atoms with Crippen LogP contribution in [0.2, 0.25) is 0 Å². The first-order valence-corrected chi connectivity index (χ1v) is 6.57. The molecule has 0 bridgehead atoms. The van der Waals surface area contributed by atoms with Crippen molar-refractivity contribution in [2.45, 2.75) is 26.3 Å². The molecule has 0 radical (unpaired) electrons. The van der Waals surface area contributed by atoms with Gasteiger partial charge in [0.1, 0.15) is 19.4 Å². The Hall–Kier alpha value is -1.48. The molecule has 0 saturated carbocycles. The summed E-state index contributed by atoms with van der Waals surface area (Å²) < 4.78 is 5.85. The minimum atomic E-state index is 0.893. The first-order chi connectivity index (χ1) is 8.70. The summed E-state index contributed by atoms with van der Waals surface area (Å²) in [5, 5.41) is 3.34. The highest BCUT2D eigenvalue weighted by molar-refractivity contribution is 6.23. The highest BCUT2D eigenvalue weighted by atomic mass is 16.3. The van der Waals surface area contributed by atoms with Gasteiger partial charge in [-0.1, -0.05) is 37.2 Å². The highest BCUT2D eigenvalue weighted by Gasteiger charge is 2.15. The van der Waals surface area contributed by atoms with E-state index >= 15 is 0 Å². The molecule has 1 N–H and O–H groups in total. The summed E-state index contributed by atoms with van der Waals surface area (Å²) in [6, 6.07) is 2.10. The van der Waals surface area contributed by atoms with E-state index in [1.807, 2.05) is 6.08 Å². The van der Waals surface area contributed by atoms with Gasteiger partial charge in [-0.15, -0.1) is 0 Å². The third kappa shape index (κ3) is 3.05. The van der Waals surface area contributed by atoms with Crippen LogP contribution in [0.1, 0.15) is 30.4 Å². The van der Waals surface area contributed by atoms with Crippen LogP contribution < -0.4 is 5.32 Å². The lowest BCUT2D eigenvalue weighted by molar-refractivity contribution is 0.467. The summed E-state index contributed by atoms with van der Waals surface area (Å²) in [6.45, 7) is 8.12. The third-order valence-corrected chi connectivity index (χ3v) is 3.13. The van der Waals surface area contributed by atoms with Crippen molar-refractivity contribution >= 4 is 13.4 Å². The zero-order chi connectivity index (χ0) is 13.0. The highest BCUT2D eigenvalue weighted by Crippen LogP contribution is 2.24. The third-order valence-electron chi connectivity index (χ3n) is 3.13. The molecule has 3 heteroatoms. The van der Waals surface area contributed by atoms with Crippen LogP contribution in [0, 0.1) is 0 Å². The Bertz CT molecular complexity index is 473. The lowest BCUT2D eigenvalue weighted by Gasteiger charge is -2.09. The SMILES string of the molecule is BC(/C=C\C(=C)c1cc2c(o1)CCNC2)=C/CC. The average Bonchev–Trinajstić information content (AvgIpc) is 2.80. The molecule has 2 heterocycles. The van der Waals surface area contributed by atoms with Gasteiger partial charge in [0.15, 0.2) is 0 Å². The van der Waals surface area contributed by atoms with Gasteiger partial charge in [-0.05, 0) is 12.5 Å². The molecule has 2 nitrogen and oxygen atoms in total. The smallest absolute Gasteiger partial charge is 0.138 e. The first kappa shape index (κ1) is 13.0. The number of rotatable bonds is 4. The van der Waals surface area contributed by atoms with Crippen LogP contribution >= 0.6 is 0 Å². The largest absolute Gasteiger partial charge is 0.461 e. The maximum Gasteiger partial charge on any atom is 0.138 e. The van der Waals surface area contributed by atoms with Crippen LogP contribution in [0.3, 0.4) is 0 Å². The van der Waals surface area contributed by atoms with Gasteiger partial charge in [-0.3, -0.25) is 0 Å². The summed E-state index contributed by atoms with van der Waals surface area (Å²) in [6.07, 6.45) is 8.34. The van der Waals surface area contributed by atoms with Crippen molar-refractivity contribution in [3.63, 3.8) is 0 Å². The fourth-order valence-corrected chi connectivity index (χ4v) is 2.12. The number of hydrogen-bond donors (Lipinski definition) is 1. The van der Waals surface area contributed by atoms with E-state index < -0.39 is 0 Å². The second-order valence-electron chi connectivity index (χ2n) is 4.70. The average molecular weight is 241 g/mol. The Morgan fingerprint density at radius 1 is 1.56 bits per heavy atom. The van der Waals surface area contributed by atoms with E-state index in [4.69, 9.17) is 4.42 Å². The van der Waals surface area contributed by atoms with Gasteiger partial charge >= 0.3 is 0 Å². The second kappa shape index (κ2) is 5.92. The van der Waals surface area contributed by atoms with E-state index in [1.54, 1.807) is 0 Å². The molecule has 0 spiro atoms. The van der Waals surface area contributed by atoms with E-state index in [0.29, 0.717) is 0 Å². The summed E-state index contributed by atoms with van der Waals surface area (Å²) in [5.74, 6) is 2.00. The number of furan rings is 1. The fraction of sp³-hybridized carbons (Fsp3) is 0.333. The molecule has 0 fully saturated rings. The zero-order valence-electron chi connectivity index (χ0n) is 11.3. The quantitative estimate of drug-likeness (QED) is 0.646. The molecule has 1 aliphatic heterocycles. The lowest BCUT2D eigenvalue weighted by Crippen LogP contribution is -2.22. The maximum atomic E-state index is 5.85. The van der Waals surface area contributed by atoms with Gasteiger partial charge in [0.25, 0.3) is 0 Å². The van der Waals surface area contributed by atoms with E-state index in [-0.39, 0.29) is 0 Å². The van der Waals surface area contributed by atoms with Crippen molar-refractivity contribution in [3.05, 3.63) is 53.4 Å². The molecule has 1 aliphatic rings. The van der Waals surface area contributed by atoms with E-state index in [0.717, 1.165) is 43.0 Å². The predicted octanol–water partition coefficient (Wildman–Crippen LogP) is 2.42. The molecule has 94 valence electrons. The standard InChI is InChI=1S/C15H20BNO/c1-3-4-13(16)6-5-11(2)15-9-12-10-17-8-7-14(12)18-15/h4-6,9,17H,2-3,7-8,10,16H2,1H3/b6-5-,13-4+. The Balaban J connectivity index is 2.09. The Kier molecular flexibility index (Phi) is 4.26. The molecule has 1 aromatic heterocycles. The fourth-order valence-electron chi connectivity index (χ4n) is 2.12. The monoisotopic (exact) mass is 241 g/mol. The summed E-state index contributed by atoms with van der Waals surface area (Å²) in [4.78, 5) is 0. The van der Waals surface area contributed by atoms with Gasteiger partial charge in [0.2, 0.25) is 0 Å². The van der Waals surface area contributed by atoms with Crippen molar-refractivity contribution < 1.29 is 4.42 Å². The van der Waals surface area contributed by atoms with Crippen LogP contribution in [-0.4, -0.2) is 14.4 Å². The topological polar surface area (TPSA) is 25.2 Å². The Morgan fingerprint density at radius 2 is 2.39 bits per heavy atom. The Morgan fingerprint density at radius 3 is 3.11 bits per heavy atom. The zero-order valence-corrected chi connectivity index (χ0v) is 11.3. The molecule has 0 unspecified atom stereocenters. The van der Waals surface area contributed by atoms with E-state index in [9.17, 15) is 0 Å².